The first-order chi connectivity index (χ1) is 8.47. The maximum absolute atomic E-state index is 4.19. The maximum Gasteiger partial charge on any atom is 0.0830 e. The molecule has 0 aliphatic rings. The van der Waals surface area contributed by atoms with Crippen LogP contribution in [0.2, 0.25) is 0 Å². The quantitative estimate of drug-likeness (QED) is 0.772. The van der Waals surface area contributed by atoms with Crippen molar-refractivity contribution in [3.05, 3.63) is 11.9 Å². The van der Waals surface area contributed by atoms with Crippen molar-refractivity contribution in [2.75, 3.05) is 13.1 Å². The van der Waals surface area contributed by atoms with Crippen molar-refractivity contribution in [1.82, 2.24) is 20.3 Å². The molecule has 4 nitrogen and oxygen atoms in total. The van der Waals surface area contributed by atoms with Gasteiger partial charge in [0.25, 0.3) is 0 Å². The molecule has 4 heteroatoms. The van der Waals surface area contributed by atoms with Crippen molar-refractivity contribution in [2.24, 2.45) is 24.8 Å². The van der Waals surface area contributed by atoms with Crippen LogP contribution >= 0.6 is 0 Å². The second-order valence-electron chi connectivity index (χ2n) is 6.14. The van der Waals surface area contributed by atoms with Crippen LogP contribution in [-0.4, -0.2) is 28.1 Å². The van der Waals surface area contributed by atoms with E-state index in [-0.39, 0.29) is 0 Å². The molecule has 1 rings (SSSR count). The van der Waals surface area contributed by atoms with Crippen LogP contribution in [-0.2, 0) is 13.5 Å². The lowest BCUT2D eigenvalue weighted by Gasteiger charge is -2.19. The van der Waals surface area contributed by atoms with Gasteiger partial charge in [0.2, 0.25) is 0 Å². The normalized spacial score (nSPS) is 13.5. The van der Waals surface area contributed by atoms with E-state index in [0.29, 0.717) is 11.8 Å². The van der Waals surface area contributed by atoms with Crippen LogP contribution < -0.4 is 5.32 Å². The van der Waals surface area contributed by atoms with E-state index in [1.807, 2.05) is 13.2 Å². The number of aromatic nitrogens is 3. The minimum absolute atomic E-state index is 0.653. The molecular formula is C14H28N4. The molecule has 0 bridgehead atoms. The first-order valence-electron chi connectivity index (χ1n) is 7.03. The van der Waals surface area contributed by atoms with Crippen molar-refractivity contribution in [3.8, 4) is 0 Å². The summed E-state index contributed by atoms with van der Waals surface area (Å²) in [6.07, 6.45) is 4.29. The first-order valence-corrected chi connectivity index (χ1v) is 7.03. The van der Waals surface area contributed by atoms with E-state index in [4.69, 9.17) is 0 Å². The Morgan fingerprint density at radius 2 is 1.89 bits per heavy atom. The van der Waals surface area contributed by atoms with Crippen LogP contribution in [0.1, 0.15) is 39.8 Å². The summed E-state index contributed by atoms with van der Waals surface area (Å²) in [7, 11) is 1.92. The Balaban J connectivity index is 2.44. The molecule has 0 radical (unpaired) electrons. The Labute approximate surface area is 111 Å². The third-order valence-corrected chi connectivity index (χ3v) is 2.94. The minimum atomic E-state index is 0.653. The highest BCUT2D eigenvalue weighted by Gasteiger charge is 2.13. The summed E-state index contributed by atoms with van der Waals surface area (Å²) in [5, 5.41) is 11.8. The van der Waals surface area contributed by atoms with Crippen LogP contribution in [0.4, 0.5) is 0 Å². The fourth-order valence-electron chi connectivity index (χ4n) is 2.27. The third kappa shape index (κ3) is 6.15. The van der Waals surface area contributed by atoms with Gasteiger partial charge in [-0.2, -0.15) is 0 Å². The predicted molar refractivity (Wildman–Crippen MR) is 75.4 cm³/mol. The zero-order valence-corrected chi connectivity index (χ0v) is 12.5. The molecule has 1 heterocycles. The highest BCUT2D eigenvalue weighted by Crippen LogP contribution is 2.15. The number of rotatable bonds is 8. The summed E-state index contributed by atoms with van der Waals surface area (Å²) in [6.45, 7) is 11.2. The summed E-state index contributed by atoms with van der Waals surface area (Å²) >= 11 is 0. The van der Waals surface area contributed by atoms with Gasteiger partial charge in [-0.1, -0.05) is 32.9 Å². The minimum Gasteiger partial charge on any atom is -0.316 e. The van der Waals surface area contributed by atoms with Crippen LogP contribution in [0.5, 0.6) is 0 Å². The molecule has 0 amide bonds. The highest BCUT2D eigenvalue weighted by molar-refractivity contribution is 4.94. The van der Waals surface area contributed by atoms with E-state index in [9.17, 15) is 0 Å². The summed E-state index contributed by atoms with van der Waals surface area (Å²) in [6, 6.07) is 0. The lowest BCUT2D eigenvalue weighted by atomic mass is 9.93. The van der Waals surface area contributed by atoms with Crippen molar-refractivity contribution in [2.45, 2.75) is 40.5 Å². The molecule has 0 saturated heterocycles. The van der Waals surface area contributed by atoms with Gasteiger partial charge in [0.05, 0.1) is 5.69 Å². The van der Waals surface area contributed by atoms with Gasteiger partial charge in [-0.3, -0.25) is 4.68 Å². The van der Waals surface area contributed by atoms with E-state index in [1.165, 1.54) is 6.42 Å². The van der Waals surface area contributed by atoms with Gasteiger partial charge < -0.3 is 5.32 Å². The van der Waals surface area contributed by atoms with Gasteiger partial charge in [0, 0.05) is 13.2 Å². The molecule has 0 aromatic carbocycles. The van der Waals surface area contributed by atoms with Crippen molar-refractivity contribution in [3.63, 3.8) is 0 Å². The predicted octanol–water partition coefficient (Wildman–Crippen LogP) is 2.27. The summed E-state index contributed by atoms with van der Waals surface area (Å²) < 4.78 is 1.78. The molecule has 0 aliphatic heterocycles. The number of hydrogen-bond acceptors (Lipinski definition) is 3. The molecular weight excluding hydrogens is 224 g/mol. The summed E-state index contributed by atoms with van der Waals surface area (Å²) in [4.78, 5) is 0. The zero-order valence-electron chi connectivity index (χ0n) is 12.5. The molecule has 0 fully saturated rings. The summed E-state index contributed by atoms with van der Waals surface area (Å²) in [5.41, 5.74) is 1.11. The van der Waals surface area contributed by atoms with Crippen LogP contribution in [0.25, 0.3) is 0 Å². The van der Waals surface area contributed by atoms with Gasteiger partial charge >= 0.3 is 0 Å². The van der Waals surface area contributed by atoms with Gasteiger partial charge in [-0.15, -0.1) is 5.10 Å². The van der Waals surface area contributed by atoms with Gasteiger partial charge in [-0.25, -0.2) is 0 Å². The van der Waals surface area contributed by atoms with E-state index in [0.717, 1.165) is 31.1 Å². The fourth-order valence-corrected chi connectivity index (χ4v) is 2.27. The molecule has 0 saturated carbocycles. The molecule has 1 aromatic heterocycles. The van der Waals surface area contributed by atoms with E-state index < -0.39 is 0 Å². The van der Waals surface area contributed by atoms with E-state index in [2.05, 4.69) is 43.3 Å². The van der Waals surface area contributed by atoms with E-state index >= 15 is 0 Å². The summed E-state index contributed by atoms with van der Waals surface area (Å²) in [5.74, 6) is 2.09. The Bertz CT molecular complexity index is 330. The van der Waals surface area contributed by atoms with Gasteiger partial charge in [0.1, 0.15) is 0 Å². The largest absolute Gasteiger partial charge is 0.316 e. The Morgan fingerprint density at radius 3 is 2.39 bits per heavy atom. The zero-order chi connectivity index (χ0) is 13.5. The Kier molecular flexibility index (Phi) is 6.33. The number of aryl methyl sites for hydroxylation is 1. The number of nitrogens with one attached hydrogen (secondary N) is 1. The van der Waals surface area contributed by atoms with E-state index in [1.54, 1.807) is 4.68 Å². The van der Waals surface area contributed by atoms with Gasteiger partial charge in [0.15, 0.2) is 0 Å². The number of nitrogens with zero attached hydrogens (tertiary/aromatic N) is 3. The highest BCUT2D eigenvalue weighted by atomic mass is 15.4. The standard InChI is InChI=1S/C14H28N4/c1-11(2)6-13(9-15-8-12(3)4)7-14-10-18(5)17-16-14/h10-13,15H,6-9H2,1-5H3. The van der Waals surface area contributed by atoms with Crippen LogP contribution in [0, 0.1) is 17.8 Å². The molecule has 1 atom stereocenters. The SMILES string of the molecule is CC(C)CNCC(Cc1cn(C)nn1)CC(C)C. The lowest BCUT2D eigenvalue weighted by Crippen LogP contribution is -2.28. The third-order valence-electron chi connectivity index (χ3n) is 2.94. The average Bonchev–Trinajstić information content (AvgIpc) is 2.62. The topological polar surface area (TPSA) is 42.7 Å². The van der Waals surface area contributed by atoms with Crippen LogP contribution in [0.15, 0.2) is 6.20 Å². The van der Waals surface area contributed by atoms with Gasteiger partial charge in [-0.05, 0) is 43.7 Å². The molecule has 104 valence electrons. The van der Waals surface area contributed by atoms with Crippen molar-refractivity contribution >= 4 is 0 Å². The maximum atomic E-state index is 4.19. The smallest absolute Gasteiger partial charge is 0.0830 e. The molecule has 1 unspecified atom stereocenters. The molecule has 18 heavy (non-hydrogen) atoms. The number of hydrogen-bond donors (Lipinski definition) is 1. The van der Waals surface area contributed by atoms with Crippen molar-refractivity contribution in [1.29, 1.82) is 0 Å². The Hall–Kier alpha value is -0.900. The molecule has 0 spiro atoms. The monoisotopic (exact) mass is 252 g/mol. The van der Waals surface area contributed by atoms with Crippen molar-refractivity contribution < 1.29 is 0 Å². The molecule has 0 aliphatic carbocycles. The lowest BCUT2D eigenvalue weighted by molar-refractivity contribution is 0.374. The fraction of sp³-hybridized carbons (Fsp3) is 0.857. The van der Waals surface area contributed by atoms with Crippen LogP contribution in [0.3, 0.4) is 0 Å². The second-order valence-corrected chi connectivity index (χ2v) is 6.14. The molecule has 1 N–H and O–H groups in total. The molecule has 1 aromatic rings. The first kappa shape index (κ1) is 15.2. The second kappa shape index (κ2) is 7.52. The average molecular weight is 252 g/mol. The Morgan fingerprint density at radius 1 is 1.17 bits per heavy atom.